The summed E-state index contributed by atoms with van der Waals surface area (Å²) in [4.78, 5) is 0. The molecule has 144 valence electrons. The second-order valence-electron chi connectivity index (χ2n) is 7.60. The van der Waals surface area contributed by atoms with E-state index in [1.807, 2.05) is 13.8 Å². The Hall–Kier alpha value is -1.99. The summed E-state index contributed by atoms with van der Waals surface area (Å²) in [6.45, 7) is 4.32. The molecule has 1 heterocycles. The van der Waals surface area contributed by atoms with Crippen LogP contribution in [0.2, 0.25) is 0 Å². The van der Waals surface area contributed by atoms with Crippen molar-refractivity contribution in [3.8, 4) is 0 Å². The Balaban J connectivity index is 1.84. The first-order valence-corrected chi connectivity index (χ1v) is 11.8. The van der Waals surface area contributed by atoms with E-state index in [9.17, 15) is 0 Å². The van der Waals surface area contributed by atoms with E-state index in [0.29, 0.717) is 6.61 Å². The molecule has 1 saturated heterocycles. The smallest absolute Gasteiger partial charge is 0.163 e. The first-order chi connectivity index (χ1) is 14.0. The molecule has 0 aromatic heterocycles. The molecule has 1 aliphatic heterocycles. The molecule has 0 saturated carbocycles. The Labute approximate surface area is 170 Å². The molecule has 1 aliphatic rings. The highest BCUT2D eigenvalue weighted by Gasteiger charge is 2.46. The molecule has 2 nitrogen and oxygen atoms in total. The second-order valence-corrected chi connectivity index (χ2v) is 11.1. The molecule has 0 radical (unpaired) electrons. The molecule has 2 atom stereocenters. The Morgan fingerprint density at radius 2 is 1.25 bits per heavy atom. The van der Waals surface area contributed by atoms with Crippen molar-refractivity contribution < 1.29 is 10.8 Å². The first-order valence-electron chi connectivity index (χ1n) is 10.4. The second kappa shape index (κ2) is 8.17. The fraction of sp³-hybridized carbons (Fsp3) is 0.280. The summed E-state index contributed by atoms with van der Waals surface area (Å²) in [7, 11) is -2.03. The average Bonchev–Trinajstić information content (AvgIpc) is 3.14. The van der Waals surface area contributed by atoms with Crippen LogP contribution in [0.5, 0.6) is 0 Å². The van der Waals surface area contributed by atoms with Crippen molar-refractivity contribution in [3.05, 3.63) is 91.0 Å². The van der Waals surface area contributed by atoms with E-state index < -0.39 is 13.0 Å². The molecule has 1 fully saturated rings. The van der Waals surface area contributed by atoms with Crippen molar-refractivity contribution in [2.24, 2.45) is 0 Å². The van der Waals surface area contributed by atoms with Gasteiger partial charge in [0.15, 0.2) is 5.79 Å². The lowest BCUT2D eigenvalue weighted by Gasteiger charge is -2.28. The zero-order valence-corrected chi connectivity index (χ0v) is 17.4. The van der Waals surface area contributed by atoms with Crippen molar-refractivity contribution in [1.29, 1.82) is 0 Å². The zero-order chi connectivity index (χ0) is 20.3. The summed E-state index contributed by atoms with van der Waals surface area (Å²) in [5.74, 6) is -0.614. The molecule has 3 aromatic rings. The van der Waals surface area contributed by atoms with Gasteiger partial charge in [0.1, 0.15) is 23.2 Å². The maximum absolute atomic E-state index is 9.07. The maximum Gasteiger partial charge on any atom is 0.163 e. The Morgan fingerprint density at radius 1 is 0.821 bits per heavy atom. The number of ether oxygens (including phenoxy) is 2. The van der Waals surface area contributed by atoms with Gasteiger partial charge in [0.05, 0.1) is 18.9 Å². The van der Waals surface area contributed by atoms with E-state index in [1.165, 1.54) is 15.9 Å². The lowest BCUT2D eigenvalue weighted by Crippen LogP contribution is -2.34. The van der Waals surface area contributed by atoms with Gasteiger partial charge in [0.25, 0.3) is 0 Å². The van der Waals surface area contributed by atoms with Crippen molar-refractivity contribution >= 4 is 23.2 Å². The van der Waals surface area contributed by atoms with Crippen LogP contribution in [-0.4, -0.2) is 24.7 Å². The highest BCUT2D eigenvalue weighted by atomic mass is 31.2. The normalized spacial score (nSPS) is 20.5. The summed E-state index contributed by atoms with van der Waals surface area (Å²) < 4.78 is 20.9. The van der Waals surface area contributed by atoms with Crippen LogP contribution in [0.4, 0.5) is 0 Å². The Bertz CT molecular complexity index is 819. The van der Waals surface area contributed by atoms with Crippen LogP contribution in [0.1, 0.15) is 21.6 Å². The van der Waals surface area contributed by atoms with Gasteiger partial charge in [-0.3, -0.25) is 0 Å². The standard InChI is InChI=1S/C25H28O2P/c1-25(2)26-20-21(27-25)18-19-28(22-12-6-3-7-13-22,23-14-8-4-9-15-23)24-16-10-5-11-17-24/h3-17,21H,18-20H2,1-2H3/q+1/t21-/m1/s1/i18D/t18-,21-. The van der Waals surface area contributed by atoms with Gasteiger partial charge >= 0.3 is 0 Å². The third-order valence-corrected chi connectivity index (χ3v) is 9.56. The van der Waals surface area contributed by atoms with Gasteiger partial charge in [-0.25, -0.2) is 0 Å². The summed E-state index contributed by atoms with van der Waals surface area (Å²) in [6, 6.07) is 32.1. The molecule has 0 N–H and O–H groups in total. The van der Waals surface area contributed by atoms with Gasteiger partial charge in [-0.1, -0.05) is 54.6 Å². The van der Waals surface area contributed by atoms with Crippen molar-refractivity contribution in [2.75, 3.05) is 12.8 Å². The fourth-order valence-corrected chi connectivity index (χ4v) is 8.04. The van der Waals surface area contributed by atoms with Crippen molar-refractivity contribution in [3.63, 3.8) is 0 Å². The van der Waals surface area contributed by atoms with E-state index in [2.05, 4.69) is 91.0 Å². The highest BCUT2D eigenvalue weighted by molar-refractivity contribution is 7.95. The fourth-order valence-electron chi connectivity index (χ4n) is 3.92. The number of benzene rings is 3. The van der Waals surface area contributed by atoms with Gasteiger partial charge < -0.3 is 9.47 Å². The maximum atomic E-state index is 9.07. The van der Waals surface area contributed by atoms with E-state index in [-0.39, 0.29) is 12.5 Å². The molecule has 28 heavy (non-hydrogen) atoms. The van der Waals surface area contributed by atoms with Gasteiger partial charge in [-0.05, 0) is 50.2 Å². The molecule has 3 heteroatoms. The SMILES string of the molecule is [2H][C@H](C[P+](c1ccccc1)(c1ccccc1)c1ccccc1)[C@@H]1COC(C)(C)O1. The predicted molar refractivity (Wildman–Crippen MR) is 120 cm³/mol. The highest BCUT2D eigenvalue weighted by Crippen LogP contribution is 2.56. The molecule has 0 amide bonds. The first kappa shape index (κ1) is 18.1. The molecule has 0 unspecified atom stereocenters. The molecule has 3 aromatic carbocycles. The third kappa shape index (κ3) is 3.91. The van der Waals surface area contributed by atoms with Gasteiger partial charge in [0.2, 0.25) is 0 Å². The van der Waals surface area contributed by atoms with E-state index in [0.717, 1.165) is 6.16 Å². The van der Waals surface area contributed by atoms with E-state index in [4.69, 9.17) is 10.8 Å². The summed E-state index contributed by atoms with van der Waals surface area (Å²) in [5.41, 5.74) is 0. The quantitative estimate of drug-likeness (QED) is 0.574. The van der Waals surface area contributed by atoms with Crippen molar-refractivity contribution in [2.45, 2.75) is 32.1 Å². The Morgan fingerprint density at radius 3 is 1.61 bits per heavy atom. The van der Waals surface area contributed by atoms with Gasteiger partial charge in [-0.15, -0.1) is 0 Å². The average molecular weight is 392 g/mol. The molecular weight excluding hydrogens is 363 g/mol. The minimum absolute atomic E-state index is 0.222. The predicted octanol–water partition coefficient (Wildman–Crippen LogP) is 4.52. The summed E-state index contributed by atoms with van der Waals surface area (Å²) in [5, 5.41) is 3.90. The third-order valence-electron chi connectivity index (χ3n) is 5.26. The summed E-state index contributed by atoms with van der Waals surface area (Å²) >= 11 is 0. The van der Waals surface area contributed by atoms with Crippen LogP contribution in [0.3, 0.4) is 0 Å². The lowest BCUT2D eigenvalue weighted by atomic mass is 10.3. The minimum Gasteiger partial charge on any atom is -0.348 e. The van der Waals surface area contributed by atoms with Crippen LogP contribution in [-0.2, 0) is 9.47 Å². The van der Waals surface area contributed by atoms with Crippen LogP contribution < -0.4 is 15.9 Å². The monoisotopic (exact) mass is 392 g/mol. The van der Waals surface area contributed by atoms with Crippen LogP contribution >= 0.6 is 7.26 Å². The van der Waals surface area contributed by atoms with Crippen LogP contribution in [0.15, 0.2) is 91.0 Å². The van der Waals surface area contributed by atoms with Crippen LogP contribution in [0.25, 0.3) is 0 Å². The largest absolute Gasteiger partial charge is 0.348 e. The molecule has 0 bridgehead atoms. The minimum atomic E-state index is -2.03. The Kier molecular flexibility index (Phi) is 5.27. The summed E-state index contributed by atoms with van der Waals surface area (Å²) in [6.07, 6.45) is 0.112. The molecule has 0 aliphatic carbocycles. The zero-order valence-electron chi connectivity index (χ0n) is 17.5. The topological polar surface area (TPSA) is 18.5 Å². The number of rotatable bonds is 6. The van der Waals surface area contributed by atoms with E-state index >= 15 is 0 Å². The molecule has 4 rings (SSSR count). The van der Waals surface area contributed by atoms with Crippen molar-refractivity contribution in [1.82, 2.24) is 0 Å². The lowest BCUT2D eigenvalue weighted by molar-refractivity contribution is -0.138. The molecule has 0 spiro atoms. The van der Waals surface area contributed by atoms with E-state index in [1.54, 1.807) is 0 Å². The molecular formula is C25H28O2P+. The van der Waals surface area contributed by atoms with Gasteiger partial charge in [-0.2, -0.15) is 0 Å². The number of hydrogen-bond acceptors (Lipinski definition) is 2. The van der Waals surface area contributed by atoms with Crippen LogP contribution in [0, 0.1) is 0 Å². The number of hydrogen-bond donors (Lipinski definition) is 0. The van der Waals surface area contributed by atoms with Gasteiger partial charge in [0, 0.05) is 7.77 Å².